The lowest BCUT2D eigenvalue weighted by Gasteiger charge is -2.03. The predicted molar refractivity (Wildman–Crippen MR) is 106 cm³/mol. The Balaban J connectivity index is 1.67. The van der Waals surface area contributed by atoms with Crippen LogP contribution in [0.25, 0.3) is 11.1 Å². The normalized spacial score (nSPS) is 10.2. The second-order valence-electron chi connectivity index (χ2n) is 5.59. The fraction of sp³-hybridized carbons (Fsp3) is 0. The minimum Gasteiger partial charge on any atom is -0.399 e. The van der Waals surface area contributed by atoms with Crippen molar-refractivity contribution in [3.63, 3.8) is 0 Å². The molecule has 3 aromatic rings. The first-order valence-corrected chi connectivity index (χ1v) is 8.00. The average Bonchev–Trinajstić information content (AvgIpc) is 2.66. The largest absolute Gasteiger partial charge is 0.399 e. The van der Waals surface area contributed by atoms with Crippen molar-refractivity contribution >= 4 is 11.4 Å². The molecule has 0 saturated heterocycles. The molecule has 2 heteroatoms. The van der Waals surface area contributed by atoms with E-state index in [2.05, 4.69) is 24.0 Å². The summed E-state index contributed by atoms with van der Waals surface area (Å²) in [5.41, 5.74) is 10.9. The van der Waals surface area contributed by atoms with E-state index in [4.69, 9.17) is 11.1 Å². The van der Waals surface area contributed by atoms with E-state index in [1.165, 1.54) is 5.56 Å². The third-order valence-corrected chi connectivity index (χ3v) is 3.74. The van der Waals surface area contributed by atoms with E-state index in [0.717, 1.165) is 16.7 Å². The van der Waals surface area contributed by atoms with Gasteiger partial charge in [-0.15, -0.1) is 0 Å². The van der Waals surface area contributed by atoms with Crippen LogP contribution in [0, 0.1) is 17.3 Å². The molecular formula is C23H18N2. The summed E-state index contributed by atoms with van der Waals surface area (Å²) in [6.07, 6.45) is 3.40. The highest BCUT2D eigenvalue weighted by molar-refractivity contribution is 6.06. The zero-order valence-corrected chi connectivity index (χ0v) is 13.7. The summed E-state index contributed by atoms with van der Waals surface area (Å²) in [5, 5.41) is 8.15. The van der Waals surface area contributed by atoms with Gasteiger partial charge in [0.2, 0.25) is 0 Å². The number of hydrogen-bond acceptors (Lipinski definition) is 2. The molecule has 0 unspecified atom stereocenters. The van der Waals surface area contributed by atoms with Gasteiger partial charge >= 0.3 is 0 Å². The SMILES string of the molecule is N=C(/C=C\C#Cc1cccc(N)c1)c1ccc(-c2ccccc2)cc1. The molecule has 25 heavy (non-hydrogen) atoms. The second-order valence-corrected chi connectivity index (χ2v) is 5.59. The van der Waals surface area contributed by atoms with Gasteiger partial charge in [-0.25, -0.2) is 0 Å². The highest BCUT2D eigenvalue weighted by atomic mass is 14.5. The van der Waals surface area contributed by atoms with Crippen LogP contribution in [0.2, 0.25) is 0 Å². The van der Waals surface area contributed by atoms with Gasteiger partial charge in [0.05, 0.1) is 5.71 Å². The Kier molecular flexibility index (Phi) is 5.09. The fourth-order valence-corrected chi connectivity index (χ4v) is 2.44. The van der Waals surface area contributed by atoms with Gasteiger partial charge in [0.1, 0.15) is 0 Å². The Labute approximate surface area is 148 Å². The summed E-state index contributed by atoms with van der Waals surface area (Å²) in [4.78, 5) is 0. The third kappa shape index (κ3) is 4.46. The summed E-state index contributed by atoms with van der Waals surface area (Å²) >= 11 is 0. The molecule has 0 fully saturated rings. The maximum atomic E-state index is 8.15. The highest BCUT2D eigenvalue weighted by Gasteiger charge is 1.99. The van der Waals surface area contributed by atoms with Crippen LogP contribution in [0.4, 0.5) is 5.69 Å². The highest BCUT2D eigenvalue weighted by Crippen LogP contribution is 2.19. The molecule has 0 heterocycles. The standard InChI is InChI=1S/C23H18N2/c24-22-11-6-8-18(17-22)7-4-5-12-23(25)21-15-13-20(14-16-21)19-9-2-1-3-10-19/h1-3,5-6,8-17,25H,24H2/b12-5-,25-23?. The topological polar surface area (TPSA) is 49.9 Å². The van der Waals surface area contributed by atoms with Crippen molar-refractivity contribution in [3.8, 4) is 23.0 Å². The van der Waals surface area contributed by atoms with E-state index in [1.54, 1.807) is 12.2 Å². The molecule has 3 N–H and O–H groups in total. The van der Waals surface area contributed by atoms with Crippen LogP contribution in [0.5, 0.6) is 0 Å². The summed E-state index contributed by atoms with van der Waals surface area (Å²) in [5.74, 6) is 5.95. The number of allylic oxidation sites excluding steroid dienone is 2. The first-order valence-electron chi connectivity index (χ1n) is 8.00. The van der Waals surface area contributed by atoms with Gasteiger partial charge in [0, 0.05) is 11.3 Å². The molecular weight excluding hydrogens is 304 g/mol. The number of benzene rings is 3. The van der Waals surface area contributed by atoms with Crippen LogP contribution in [-0.4, -0.2) is 5.71 Å². The lowest BCUT2D eigenvalue weighted by atomic mass is 10.0. The molecule has 0 atom stereocenters. The molecule has 0 saturated carbocycles. The van der Waals surface area contributed by atoms with E-state index in [-0.39, 0.29) is 0 Å². The maximum Gasteiger partial charge on any atom is 0.0618 e. The molecule has 0 aromatic heterocycles. The zero-order valence-electron chi connectivity index (χ0n) is 13.7. The van der Waals surface area contributed by atoms with Gasteiger partial charge in [0.15, 0.2) is 0 Å². The minimum absolute atomic E-state index is 0.432. The number of nitrogens with two attached hydrogens (primary N) is 1. The van der Waals surface area contributed by atoms with E-state index in [1.807, 2.05) is 66.7 Å². The van der Waals surface area contributed by atoms with Crippen molar-refractivity contribution in [1.29, 1.82) is 5.41 Å². The lowest BCUT2D eigenvalue weighted by Crippen LogP contribution is -1.93. The maximum absolute atomic E-state index is 8.15. The van der Waals surface area contributed by atoms with Gasteiger partial charge in [-0.05, 0) is 47.0 Å². The minimum atomic E-state index is 0.432. The van der Waals surface area contributed by atoms with Gasteiger partial charge in [-0.2, -0.15) is 0 Å². The van der Waals surface area contributed by atoms with Crippen LogP contribution >= 0.6 is 0 Å². The van der Waals surface area contributed by atoms with Gasteiger partial charge in [0.25, 0.3) is 0 Å². The summed E-state index contributed by atoms with van der Waals surface area (Å²) in [6.45, 7) is 0. The van der Waals surface area contributed by atoms with E-state index in [0.29, 0.717) is 11.4 Å². The molecule has 0 aliphatic heterocycles. The Morgan fingerprint density at radius 1 is 0.840 bits per heavy atom. The Morgan fingerprint density at radius 2 is 1.56 bits per heavy atom. The molecule has 3 rings (SSSR count). The fourth-order valence-electron chi connectivity index (χ4n) is 2.44. The van der Waals surface area contributed by atoms with Crippen LogP contribution in [0.15, 0.2) is 91.0 Å². The number of hydrogen-bond donors (Lipinski definition) is 2. The molecule has 3 aromatic carbocycles. The summed E-state index contributed by atoms with van der Waals surface area (Å²) in [7, 11) is 0. The van der Waals surface area contributed by atoms with Gasteiger partial charge < -0.3 is 11.1 Å². The number of nitrogens with one attached hydrogen (secondary N) is 1. The van der Waals surface area contributed by atoms with Crippen LogP contribution in [-0.2, 0) is 0 Å². The number of rotatable bonds is 3. The van der Waals surface area contributed by atoms with Crippen LogP contribution in [0.3, 0.4) is 0 Å². The van der Waals surface area contributed by atoms with E-state index < -0.39 is 0 Å². The van der Waals surface area contributed by atoms with Crippen LogP contribution < -0.4 is 5.73 Å². The van der Waals surface area contributed by atoms with Crippen molar-refractivity contribution in [2.45, 2.75) is 0 Å². The molecule has 0 aliphatic carbocycles. The molecule has 2 nitrogen and oxygen atoms in total. The molecule has 120 valence electrons. The predicted octanol–water partition coefficient (Wildman–Crippen LogP) is 4.91. The van der Waals surface area contributed by atoms with Crippen molar-refractivity contribution < 1.29 is 0 Å². The molecule has 0 aliphatic rings. The lowest BCUT2D eigenvalue weighted by molar-refractivity contribution is 1.49. The summed E-state index contributed by atoms with van der Waals surface area (Å²) < 4.78 is 0. The van der Waals surface area contributed by atoms with Gasteiger partial charge in [-0.3, -0.25) is 0 Å². The van der Waals surface area contributed by atoms with E-state index in [9.17, 15) is 0 Å². The monoisotopic (exact) mass is 322 g/mol. The number of nitrogen functional groups attached to an aromatic ring is 1. The van der Waals surface area contributed by atoms with Crippen LogP contribution in [0.1, 0.15) is 11.1 Å². The smallest absolute Gasteiger partial charge is 0.0618 e. The van der Waals surface area contributed by atoms with Crippen molar-refractivity contribution in [1.82, 2.24) is 0 Å². The van der Waals surface area contributed by atoms with Crippen molar-refractivity contribution in [3.05, 3.63) is 102 Å². The first kappa shape index (κ1) is 16.3. The Morgan fingerprint density at radius 3 is 2.28 bits per heavy atom. The third-order valence-electron chi connectivity index (χ3n) is 3.74. The average molecular weight is 322 g/mol. The van der Waals surface area contributed by atoms with Crippen molar-refractivity contribution in [2.75, 3.05) is 5.73 Å². The zero-order chi connectivity index (χ0) is 17.5. The van der Waals surface area contributed by atoms with Gasteiger partial charge in [-0.1, -0.05) is 72.5 Å². The summed E-state index contributed by atoms with van der Waals surface area (Å²) in [6, 6.07) is 25.6. The molecule has 0 radical (unpaired) electrons. The Hall–Kier alpha value is -3.57. The first-order chi connectivity index (χ1) is 12.2. The quantitative estimate of drug-likeness (QED) is 0.402. The molecule has 0 spiro atoms. The Bertz CT molecular complexity index is 956. The second kappa shape index (κ2) is 7.81. The number of anilines is 1. The molecule has 0 amide bonds. The van der Waals surface area contributed by atoms with Crippen molar-refractivity contribution in [2.24, 2.45) is 0 Å². The van der Waals surface area contributed by atoms with E-state index >= 15 is 0 Å². The molecule has 0 bridgehead atoms.